The first-order valence-electron chi connectivity index (χ1n) is 7.06. The van der Waals surface area contributed by atoms with Crippen molar-refractivity contribution < 1.29 is 19.1 Å². The molecule has 0 spiro atoms. The second-order valence-electron chi connectivity index (χ2n) is 5.37. The fraction of sp³-hybridized carbons (Fsp3) is 0.333. The molecule has 2 rings (SSSR count). The number of aliphatic carboxylic acids is 1. The molecule has 1 atom stereocenters. The molecular weight excluding hydrogens is 303 g/mol. The van der Waals surface area contributed by atoms with Crippen LogP contribution in [0.3, 0.4) is 0 Å². The van der Waals surface area contributed by atoms with Crippen molar-refractivity contribution in [2.45, 2.75) is 32.7 Å². The second-order valence-corrected chi connectivity index (χ2v) is 5.37. The lowest BCUT2D eigenvalue weighted by atomic mass is 10.2. The van der Waals surface area contributed by atoms with E-state index in [1.165, 1.54) is 29.8 Å². The molecular formula is C15H17FN4O3. The minimum Gasteiger partial charge on any atom is -0.480 e. The van der Waals surface area contributed by atoms with Gasteiger partial charge >= 0.3 is 5.97 Å². The summed E-state index contributed by atoms with van der Waals surface area (Å²) >= 11 is 0. The summed E-state index contributed by atoms with van der Waals surface area (Å²) in [5.74, 6) is -2.04. The standard InChI is InChI=1S/C15H17FN4O3/c1-8(2)13-18-12(14(21)17-9(3)15(22)23)19-20(13)11-6-4-5-10(16)7-11/h4-9H,1-3H3,(H,17,21)(H,22,23)/t9-/m1/s1. The highest BCUT2D eigenvalue weighted by Gasteiger charge is 2.22. The van der Waals surface area contributed by atoms with E-state index in [0.29, 0.717) is 11.5 Å². The zero-order valence-electron chi connectivity index (χ0n) is 12.9. The molecule has 0 bridgehead atoms. The van der Waals surface area contributed by atoms with Crippen molar-refractivity contribution in [3.8, 4) is 5.69 Å². The van der Waals surface area contributed by atoms with Crippen molar-refractivity contribution in [1.29, 1.82) is 0 Å². The molecule has 7 nitrogen and oxygen atoms in total. The zero-order valence-corrected chi connectivity index (χ0v) is 12.9. The van der Waals surface area contributed by atoms with Crippen LogP contribution in [0.25, 0.3) is 5.69 Å². The third kappa shape index (κ3) is 3.71. The quantitative estimate of drug-likeness (QED) is 0.874. The Morgan fingerprint density at radius 2 is 2.00 bits per heavy atom. The fourth-order valence-electron chi connectivity index (χ4n) is 1.91. The van der Waals surface area contributed by atoms with E-state index in [4.69, 9.17) is 5.11 Å². The summed E-state index contributed by atoms with van der Waals surface area (Å²) in [7, 11) is 0. The summed E-state index contributed by atoms with van der Waals surface area (Å²) in [5, 5.41) is 15.2. The molecule has 0 radical (unpaired) electrons. The summed E-state index contributed by atoms with van der Waals surface area (Å²) in [6.45, 7) is 5.07. The molecule has 2 N–H and O–H groups in total. The predicted molar refractivity (Wildman–Crippen MR) is 80.0 cm³/mol. The van der Waals surface area contributed by atoms with Gasteiger partial charge in [0.15, 0.2) is 0 Å². The number of aromatic nitrogens is 3. The molecule has 23 heavy (non-hydrogen) atoms. The highest BCUT2D eigenvalue weighted by atomic mass is 19.1. The lowest BCUT2D eigenvalue weighted by Crippen LogP contribution is -2.38. The number of halogens is 1. The van der Waals surface area contributed by atoms with Gasteiger partial charge in [-0.3, -0.25) is 9.59 Å². The number of carboxylic acids is 1. The van der Waals surface area contributed by atoms with Crippen LogP contribution in [-0.2, 0) is 4.79 Å². The van der Waals surface area contributed by atoms with Crippen molar-refractivity contribution in [3.05, 3.63) is 41.7 Å². The van der Waals surface area contributed by atoms with Gasteiger partial charge in [0.25, 0.3) is 5.91 Å². The van der Waals surface area contributed by atoms with Crippen LogP contribution in [0, 0.1) is 5.82 Å². The Labute approximate surface area is 132 Å². The first-order valence-corrected chi connectivity index (χ1v) is 7.06. The molecule has 0 aliphatic heterocycles. The monoisotopic (exact) mass is 320 g/mol. The number of carboxylic acid groups (broad SMARTS) is 1. The lowest BCUT2D eigenvalue weighted by molar-refractivity contribution is -0.138. The largest absolute Gasteiger partial charge is 0.480 e. The molecule has 0 unspecified atom stereocenters. The number of nitrogens with one attached hydrogen (secondary N) is 1. The van der Waals surface area contributed by atoms with Gasteiger partial charge in [-0.25, -0.2) is 14.1 Å². The first kappa shape index (κ1) is 16.6. The van der Waals surface area contributed by atoms with Gasteiger partial charge < -0.3 is 10.4 Å². The van der Waals surface area contributed by atoms with Gasteiger partial charge in [-0.2, -0.15) is 0 Å². The van der Waals surface area contributed by atoms with Gasteiger partial charge in [0.05, 0.1) is 5.69 Å². The molecule has 8 heteroatoms. The highest BCUT2D eigenvalue weighted by Crippen LogP contribution is 2.18. The summed E-state index contributed by atoms with van der Waals surface area (Å²) in [6.07, 6.45) is 0. The van der Waals surface area contributed by atoms with Crippen LogP contribution in [0.5, 0.6) is 0 Å². The van der Waals surface area contributed by atoms with Crippen molar-refractivity contribution in [2.75, 3.05) is 0 Å². The summed E-state index contributed by atoms with van der Waals surface area (Å²) in [4.78, 5) is 27.0. The summed E-state index contributed by atoms with van der Waals surface area (Å²) < 4.78 is 14.8. The number of hydrogen-bond donors (Lipinski definition) is 2. The van der Waals surface area contributed by atoms with E-state index >= 15 is 0 Å². The SMILES string of the molecule is CC(C)c1nc(C(=O)N[C@H](C)C(=O)O)nn1-c1cccc(F)c1. The van der Waals surface area contributed by atoms with Gasteiger partial charge in [0, 0.05) is 5.92 Å². The molecule has 1 aromatic carbocycles. The normalized spacial score (nSPS) is 12.2. The molecule has 0 fully saturated rings. The van der Waals surface area contributed by atoms with Crippen LogP contribution in [0.1, 0.15) is 43.1 Å². The Morgan fingerprint density at radius 3 is 2.57 bits per heavy atom. The maximum Gasteiger partial charge on any atom is 0.325 e. The number of hydrogen-bond acceptors (Lipinski definition) is 4. The minimum absolute atomic E-state index is 0.0655. The Balaban J connectivity index is 2.39. The van der Waals surface area contributed by atoms with Gasteiger partial charge in [0.2, 0.25) is 5.82 Å². The van der Waals surface area contributed by atoms with Crippen LogP contribution in [0.15, 0.2) is 24.3 Å². The molecule has 1 heterocycles. The average Bonchev–Trinajstić information content (AvgIpc) is 2.92. The smallest absolute Gasteiger partial charge is 0.325 e. The van der Waals surface area contributed by atoms with Crippen molar-refractivity contribution in [3.63, 3.8) is 0 Å². The number of amides is 1. The van der Waals surface area contributed by atoms with Crippen molar-refractivity contribution in [1.82, 2.24) is 20.1 Å². The van der Waals surface area contributed by atoms with Gasteiger partial charge in [-0.15, -0.1) is 5.10 Å². The molecule has 0 aliphatic rings. The fourth-order valence-corrected chi connectivity index (χ4v) is 1.91. The van der Waals surface area contributed by atoms with Crippen LogP contribution in [0.2, 0.25) is 0 Å². The first-order chi connectivity index (χ1) is 10.8. The van der Waals surface area contributed by atoms with Crippen molar-refractivity contribution >= 4 is 11.9 Å². The van der Waals surface area contributed by atoms with E-state index in [9.17, 15) is 14.0 Å². The van der Waals surface area contributed by atoms with Gasteiger partial charge in [-0.1, -0.05) is 19.9 Å². The predicted octanol–water partition coefficient (Wildman–Crippen LogP) is 1.73. The van der Waals surface area contributed by atoms with Crippen molar-refractivity contribution in [2.24, 2.45) is 0 Å². The number of rotatable bonds is 5. The Bertz CT molecular complexity index is 742. The van der Waals surface area contributed by atoms with Gasteiger partial charge in [0.1, 0.15) is 17.7 Å². The number of benzene rings is 1. The number of carbonyl (C=O) groups is 2. The molecule has 1 amide bonds. The number of carbonyl (C=O) groups excluding carboxylic acids is 1. The van der Waals surface area contributed by atoms with E-state index < -0.39 is 23.7 Å². The summed E-state index contributed by atoms with van der Waals surface area (Å²) in [5.41, 5.74) is 0.437. The summed E-state index contributed by atoms with van der Waals surface area (Å²) in [6, 6.07) is 4.69. The molecule has 0 saturated carbocycles. The third-order valence-electron chi connectivity index (χ3n) is 3.12. The molecule has 122 valence electrons. The minimum atomic E-state index is -1.16. The van der Waals surface area contributed by atoms with Crippen LogP contribution in [0.4, 0.5) is 4.39 Å². The van der Waals surface area contributed by atoms with Crippen LogP contribution >= 0.6 is 0 Å². The second kappa shape index (κ2) is 6.55. The Morgan fingerprint density at radius 1 is 1.30 bits per heavy atom. The third-order valence-corrected chi connectivity index (χ3v) is 3.12. The van der Waals surface area contributed by atoms with E-state index in [1.807, 2.05) is 13.8 Å². The average molecular weight is 320 g/mol. The Hall–Kier alpha value is -2.77. The van der Waals surface area contributed by atoms with Crippen LogP contribution < -0.4 is 5.32 Å². The maximum atomic E-state index is 13.4. The van der Waals surface area contributed by atoms with Crippen LogP contribution in [-0.4, -0.2) is 37.8 Å². The van der Waals surface area contributed by atoms with E-state index in [1.54, 1.807) is 6.07 Å². The Kier molecular flexibility index (Phi) is 4.73. The molecule has 1 aromatic heterocycles. The lowest BCUT2D eigenvalue weighted by Gasteiger charge is -2.07. The molecule has 2 aromatic rings. The maximum absolute atomic E-state index is 13.4. The topological polar surface area (TPSA) is 97.1 Å². The number of nitrogens with zero attached hydrogens (tertiary/aromatic N) is 3. The van der Waals surface area contributed by atoms with E-state index in [0.717, 1.165) is 0 Å². The molecule has 0 aliphatic carbocycles. The van der Waals surface area contributed by atoms with E-state index in [2.05, 4.69) is 15.4 Å². The van der Waals surface area contributed by atoms with Gasteiger partial charge in [-0.05, 0) is 25.1 Å². The van der Waals surface area contributed by atoms with E-state index in [-0.39, 0.29) is 11.7 Å². The molecule has 0 saturated heterocycles. The zero-order chi connectivity index (χ0) is 17.1. The highest BCUT2D eigenvalue weighted by molar-refractivity contribution is 5.93.